The van der Waals surface area contributed by atoms with Gasteiger partial charge in [0.25, 0.3) is 0 Å². The summed E-state index contributed by atoms with van der Waals surface area (Å²) in [4.78, 5) is 4.19. The summed E-state index contributed by atoms with van der Waals surface area (Å²) in [6.45, 7) is 0. The molecule has 0 aliphatic heterocycles. The molecule has 0 saturated heterocycles. The molecule has 118 valence electrons. The van der Waals surface area contributed by atoms with Crippen LogP contribution in [-0.4, -0.2) is 20.5 Å². The van der Waals surface area contributed by atoms with E-state index in [9.17, 15) is 8.42 Å². The fraction of sp³-hybridized carbons (Fsp3) is 0.0625. The van der Waals surface area contributed by atoms with Crippen molar-refractivity contribution >= 4 is 37.0 Å². The second-order valence-corrected chi connectivity index (χ2v) is 7.07. The molecule has 0 amide bonds. The number of methoxy groups -OCH3 is 1. The highest BCUT2D eigenvalue weighted by molar-refractivity contribution is 9.10. The van der Waals surface area contributed by atoms with Gasteiger partial charge in [-0.3, -0.25) is 4.98 Å². The molecule has 3 rings (SSSR count). The Balaban J connectivity index is 2.04. The molecule has 0 saturated carbocycles. The highest BCUT2D eigenvalue weighted by atomic mass is 79.9. The first-order valence-corrected chi connectivity index (χ1v) is 8.83. The predicted molar refractivity (Wildman–Crippen MR) is 90.3 cm³/mol. The Bertz CT molecular complexity index is 967. The molecular formula is C16H12BrNO4S. The van der Waals surface area contributed by atoms with E-state index >= 15 is 0 Å². The van der Waals surface area contributed by atoms with E-state index in [2.05, 4.69) is 20.9 Å². The summed E-state index contributed by atoms with van der Waals surface area (Å²) < 4.78 is 36.1. The molecule has 1 heterocycles. The molecule has 5 nitrogen and oxygen atoms in total. The lowest BCUT2D eigenvalue weighted by atomic mass is 10.2. The summed E-state index contributed by atoms with van der Waals surface area (Å²) >= 11 is 3.29. The van der Waals surface area contributed by atoms with Crippen molar-refractivity contribution in [1.82, 2.24) is 4.98 Å². The maximum Gasteiger partial charge on any atom is 0.339 e. The number of fused-ring (bicyclic) bond motifs is 1. The first kappa shape index (κ1) is 15.8. The van der Waals surface area contributed by atoms with E-state index in [-0.39, 0.29) is 10.6 Å². The van der Waals surface area contributed by atoms with Crippen LogP contribution in [0.5, 0.6) is 11.5 Å². The summed E-state index contributed by atoms with van der Waals surface area (Å²) in [5, 5.41) is 0.800. The minimum absolute atomic E-state index is 0.00508. The van der Waals surface area contributed by atoms with Gasteiger partial charge in [-0.05, 0) is 40.2 Å². The number of benzene rings is 2. The SMILES string of the molecule is COc1cc(S(=O)(=O)Oc2cccc3cccnc23)ccc1Br. The van der Waals surface area contributed by atoms with Crippen molar-refractivity contribution in [3.8, 4) is 11.5 Å². The third-order valence-electron chi connectivity index (χ3n) is 3.21. The molecule has 0 N–H and O–H groups in total. The van der Waals surface area contributed by atoms with Crippen LogP contribution in [0, 0.1) is 0 Å². The van der Waals surface area contributed by atoms with Crippen molar-refractivity contribution in [2.24, 2.45) is 0 Å². The molecule has 0 bridgehead atoms. The molecule has 7 heteroatoms. The molecule has 0 fully saturated rings. The number of para-hydroxylation sites is 1. The minimum atomic E-state index is -3.99. The van der Waals surface area contributed by atoms with Crippen molar-refractivity contribution in [3.05, 3.63) is 59.2 Å². The van der Waals surface area contributed by atoms with Gasteiger partial charge in [-0.2, -0.15) is 8.42 Å². The maximum atomic E-state index is 12.5. The van der Waals surface area contributed by atoms with Gasteiger partial charge >= 0.3 is 10.1 Å². The standard InChI is InChI=1S/C16H12BrNO4S/c1-21-15-10-12(7-8-13(15)17)23(19,20)22-14-6-2-4-11-5-3-9-18-16(11)14/h2-10H,1H3. The lowest BCUT2D eigenvalue weighted by molar-refractivity contribution is 0.410. The van der Waals surface area contributed by atoms with E-state index in [0.717, 1.165) is 5.39 Å². The van der Waals surface area contributed by atoms with Gasteiger partial charge in [0.2, 0.25) is 0 Å². The van der Waals surface area contributed by atoms with Gasteiger partial charge in [0.05, 0.1) is 11.6 Å². The average molecular weight is 394 g/mol. The molecule has 2 aromatic carbocycles. The van der Waals surface area contributed by atoms with Crippen molar-refractivity contribution < 1.29 is 17.3 Å². The van der Waals surface area contributed by atoms with Crippen molar-refractivity contribution in [3.63, 3.8) is 0 Å². The first-order chi connectivity index (χ1) is 11.0. The van der Waals surface area contributed by atoms with Crippen molar-refractivity contribution in [1.29, 1.82) is 0 Å². The average Bonchev–Trinajstić information content (AvgIpc) is 2.55. The molecule has 0 atom stereocenters. The van der Waals surface area contributed by atoms with Crippen molar-refractivity contribution in [2.75, 3.05) is 7.11 Å². The lowest BCUT2D eigenvalue weighted by Crippen LogP contribution is -2.10. The maximum absolute atomic E-state index is 12.5. The van der Waals surface area contributed by atoms with Crippen LogP contribution < -0.4 is 8.92 Å². The molecule has 0 spiro atoms. The first-order valence-electron chi connectivity index (χ1n) is 6.63. The molecule has 1 aromatic heterocycles. The number of hydrogen-bond donors (Lipinski definition) is 0. The lowest BCUT2D eigenvalue weighted by Gasteiger charge is -2.10. The van der Waals surface area contributed by atoms with Crippen molar-refractivity contribution in [2.45, 2.75) is 4.90 Å². The zero-order valence-electron chi connectivity index (χ0n) is 12.1. The largest absolute Gasteiger partial charge is 0.496 e. The van der Waals surface area contributed by atoms with Gasteiger partial charge in [-0.1, -0.05) is 18.2 Å². The number of rotatable bonds is 4. The second-order valence-electron chi connectivity index (χ2n) is 4.67. The van der Waals surface area contributed by atoms with E-state index in [0.29, 0.717) is 15.7 Å². The topological polar surface area (TPSA) is 65.5 Å². The predicted octanol–water partition coefficient (Wildman–Crippen LogP) is 3.77. The van der Waals surface area contributed by atoms with Crippen LogP contribution in [0.4, 0.5) is 0 Å². The van der Waals surface area contributed by atoms with Crippen LogP contribution in [0.25, 0.3) is 10.9 Å². The van der Waals surface area contributed by atoms with E-state index in [1.54, 1.807) is 30.5 Å². The Hall–Kier alpha value is -2.12. The smallest absolute Gasteiger partial charge is 0.339 e. The van der Waals surface area contributed by atoms with Gasteiger partial charge in [0, 0.05) is 17.6 Å². The number of pyridine rings is 1. The summed E-state index contributed by atoms with van der Waals surface area (Å²) in [5.41, 5.74) is 0.489. The number of nitrogens with zero attached hydrogens (tertiary/aromatic N) is 1. The second kappa shape index (κ2) is 6.17. The molecule has 0 radical (unpaired) electrons. The number of halogens is 1. The van der Waals surface area contributed by atoms with Crippen LogP contribution in [0.15, 0.2) is 64.1 Å². The molecule has 0 unspecified atom stereocenters. The fourth-order valence-corrected chi connectivity index (χ4v) is 3.47. The molecule has 3 aromatic rings. The van der Waals surface area contributed by atoms with Gasteiger partial charge in [0.1, 0.15) is 16.2 Å². The Morgan fingerprint density at radius 3 is 2.61 bits per heavy atom. The van der Waals surface area contributed by atoms with E-state index in [1.807, 2.05) is 12.1 Å². The molecule has 0 aliphatic rings. The summed E-state index contributed by atoms with van der Waals surface area (Å²) in [5.74, 6) is 0.593. The monoisotopic (exact) mass is 393 g/mol. The van der Waals surface area contributed by atoms with E-state index in [1.165, 1.54) is 19.2 Å². The van der Waals surface area contributed by atoms with Gasteiger partial charge in [0.15, 0.2) is 5.75 Å². The third-order valence-corrected chi connectivity index (χ3v) is 5.09. The number of aromatic nitrogens is 1. The Labute approximate surface area is 142 Å². The summed E-state index contributed by atoms with van der Waals surface area (Å²) in [6, 6.07) is 13.2. The highest BCUT2D eigenvalue weighted by Crippen LogP contribution is 2.30. The Kier molecular flexibility index (Phi) is 4.23. The molecule has 23 heavy (non-hydrogen) atoms. The van der Waals surface area contributed by atoms with Crippen LogP contribution in [0.1, 0.15) is 0 Å². The number of ether oxygens (including phenoxy) is 1. The van der Waals surface area contributed by atoms with Crippen LogP contribution in [-0.2, 0) is 10.1 Å². The molecule has 0 aliphatic carbocycles. The number of hydrogen-bond acceptors (Lipinski definition) is 5. The minimum Gasteiger partial charge on any atom is -0.496 e. The van der Waals surface area contributed by atoms with Gasteiger partial charge in [-0.15, -0.1) is 0 Å². The van der Waals surface area contributed by atoms with Crippen LogP contribution in [0.3, 0.4) is 0 Å². The molecular weight excluding hydrogens is 382 g/mol. The third kappa shape index (κ3) is 3.16. The Morgan fingerprint density at radius 1 is 1.04 bits per heavy atom. The Morgan fingerprint density at radius 2 is 1.83 bits per heavy atom. The zero-order valence-corrected chi connectivity index (χ0v) is 14.5. The normalized spacial score (nSPS) is 11.4. The fourth-order valence-electron chi connectivity index (χ4n) is 2.11. The summed E-state index contributed by atoms with van der Waals surface area (Å²) in [7, 11) is -2.53. The van der Waals surface area contributed by atoms with Crippen LogP contribution in [0.2, 0.25) is 0 Å². The van der Waals surface area contributed by atoms with E-state index < -0.39 is 10.1 Å². The summed E-state index contributed by atoms with van der Waals surface area (Å²) in [6.07, 6.45) is 1.59. The zero-order chi connectivity index (χ0) is 16.4. The highest BCUT2D eigenvalue weighted by Gasteiger charge is 2.20. The quantitative estimate of drug-likeness (QED) is 0.631. The van der Waals surface area contributed by atoms with E-state index in [4.69, 9.17) is 8.92 Å². The van der Waals surface area contributed by atoms with Gasteiger partial charge < -0.3 is 8.92 Å². The van der Waals surface area contributed by atoms with Crippen LogP contribution >= 0.6 is 15.9 Å². The van der Waals surface area contributed by atoms with Gasteiger partial charge in [-0.25, -0.2) is 0 Å².